The fraction of sp³-hybridized carbons (Fsp3) is 0.348. The van der Waals surface area contributed by atoms with E-state index in [1.165, 1.54) is 12.1 Å². The van der Waals surface area contributed by atoms with Gasteiger partial charge in [0.1, 0.15) is 17.3 Å². The minimum Gasteiger partial charge on any atom is -0.369 e. The number of anilines is 1. The highest BCUT2D eigenvalue weighted by Gasteiger charge is 2.15. The SMILES string of the molecule is CCSc1nc(NCC(C)C)c2cnn(CCNC(=O)c3cc(-c4ccc(F)cc4)n[nH]3)c2n1. The van der Waals surface area contributed by atoms with Crippen molar-refractivity contribution < 1.29 is 9.18 Å². The van der Waals surface area contributed by atoms with E-state index in [9.17, 15) is 9.18 Å². The van der Waals surface area contributed by atoms with Crippen LogP contribution in [0.3, 0.4) is 0 Å². The number of H-pyrrole nitrogens is 1. The van der Waals surface area contributed by atoms with Gasteiger partial charge in [-0.1, -0.05) is 32.5 Å². The van der Waals surface area contributed by atoms with Crippen molar-refractivity contribution >= 4 is 34.5 Å². The third-order valence-corrected chi connectivity index (χ3v) is 5.73. The molecular weight excluding hydrogens is 455 g/mol. The molecule has 0 unspecified atom stereocenters. The molecule has 0 saturated heterocycles. The standard InChI is InChI=1S/C23H27FN8OS/c1-4-34-23-28-20(26-12-14(2)3)17-13-27-32(21(17)29-23)10-9-25-22(33)19-11-18(30-31-19)15-5-7-16(24)8-6-15/h5-8,11,13-14H,4,9-10,12H2,1-3H3,(H,25,33)(H,30,31)(H,26,28,29). The van der Waals surface area contributed by atoms with Gasteiger partial charge in [-0.15, -0.1) is 0 Å². The van der Waals surface area contributed by atoms with Crippen molar-refractivity contribution in [2.24, 2.45) is 5.92 Å². The molecule has 0 aliphatic carbocycles. The van der Waals surface area contributed by atoms with Crippen molar-refractivity contribution in [3.63, 3.8) is 0 Å². The molecule has 4 rings (SSSR count). The summed E-state index contributed by atoms with van der Waals surface area (Å²) < 4.78 is 14.9. The Kier molecular flexibility index (Phi) is 7.41. The van der Waals surface area contributed by atoms with Gasteiger partial charge in [-0.05, 0) is 42.0 Å². The Bertz CT molecular complexity index is 1270. The smallest absolute Gasteiger partial charge is 0.269 e. The zero-order valence-electron chi connectivity index (χ0n) is 19.3. The lowest BCUT2D eigenvalue weighted by Crippen LogP contribution is -2.27. The van der Waals surface area contributed by atoms with E-state index in [2.05, 4.69) is 56.7 Å². The molecule has 3 N–H and O–H groups in total. The maximum absolute atomic E-state index is 13.1. The number of thioether (sulfide) groups is 1. The van der Waals surface area contributed by atoms with Crippen LogP contribution in [0.15, 0.2) is 41.7 Å². The van der Waals surface area contributed by atoms with E-state index in [1.54, 1.807) is 40.8 Å². The summed E-state index contributed by atoms with van der Waals surface area (Å²) in [5.41, 5.74) is 2.35. The van der Waals surface area contributed by atoms with E-state index in [1.807, 2.05) is 0 Å². The van der Waals surface area contributed by atoms with E-state index in [0.29, 0.717) is 35.6 Å². The van der Waals surface area contributed by atoms with Crippen molar-refractivity contribution in [1.29, 1.82) is 0 Å². The van der Waals surface area contributed by atoms with Crippen LogP contribution < -0.4 is 10.6 Å². The summed E-state index contributed by atoms with van der Waals surface area (Å²) in [6, 6.07) is 7.59. The summed E-state index contributed by atoms with van der Waals surface area (Å²) in [4.78, 5) is 21.9. The van der Waals surface area contributed by atoms with Crippen LogP contribution in [0, 0.1) is 11.7 Å². The second-order valence-electron chi connectivity index (χ2n) is 8.10. The number of nitrogens with one attached hydrogen (secondary N) is 3. The second-order valence-corrected chi connectivity index (χ2v) is 9.33. The summed E-state index contributed by atoms with van der Waals surface area (Å²) in [6.07, 6.45) is 1.75. The molecule has 0 saturated carbocycles. The number of amides is 1. The number of aromatic amines is 1. The Morgan fingerprint density at radius 1 is 1.24 bits per heavy atom. The van der Waals surface area contributed by atoms with Crippen molar-refractivity contribution in [2.45, 2.75) is 32.5 Å². The third-order valence-electron chi connectivity index (χ3n) is 5.00. The van der Waals surface area contributed by atoms with Gasteiger partial charge in [0.2, 0.25) is 0 Å². The summed E-state index contributed by atoms with van der Waals surface area (Å²) in [5.74, 6) is 1.51. The Morgan fingerprint density at radius 3 is 2.76 bits per heavy atom. The number of carbonyl (C=O) groups is 1. The van der Waals surface area contributed by atoms with Gasteiger partial charge in [-0.25, -0.2) is 19.0 Å². The average Bonchev–Trinajstić information content (AvgIpc) is 3.46. The Hall–Kier alpha value is -3.47. The van der Waals surface area contributed by atoms with Gasteiger partial charge in [0.05, 0.1) is 23.8 Å². The first-order valence-corrected chi connectivity index (χ1v) is 12.1. The molecule has 3 heterocycles. The molecule has 1 amide bonds. The summed E-state index contributed by atoms with van der Waals surface area (Å²) in [6.45, 7) is 7.94. The van der Waals surface area contributed by atoms with E-state index in [0.717, 1.165) is 34.7 Å². The highest BCUT2D eigenvalue weighted by Crippen LogP contribution is 2.24. The zero-order chi connectivity index (χ0) is 24.1. The molecule has 0 fully saturated rings. The van der Waals surface area contributed by atoms with Crippen LogP contribution in [0.2, 0.25) is 0 Å². The molecule has 3 aromatic heterocycles. The topological polar surface area (TPSA) is 113 Å². The van der Waals surface area contributed by atoms with Crippen molar-refractivity contribution in [2.75, 3.05) is 24.2 Å². The first kappa shape index (κ1) is 23.7. The number of aromatic nitrogens is 6. The first-order chi connectivity index (χ1) is 16.4. The molecule has 0 atom stereocenters. The summed E-state index contributed by atoms with van der Waals surface area (Å²) >= 11 is 1.57. The minimum atomic E-state index is -0.322. The minimum absolute atomic E-state index is 0.284. The Balaban J connectivity index is 1.43. The van der Waals surface area contributed by atoms with Crippen molar-refractivity contribution in [1.82, 2.24) is 35.3 Å². The van der Waals surface area contributed by atoms with Crippen molar-refractivity contribution in [3.05, 3.63) is 48.0 Å². The van der Waals surface area contributed by atoms with E-state index in [4.69, 9.17) is 0 Å². The molecular formula is C23H27FN8OS. The number of hydrogen-bond donors (Lipinski definition) is 3. The van der Waals surface area contributed by atoms with Gasteiger partial charge >= 0.3 is 0 Å². The number of hydrogen-bond acceptors (Lipinski definition) is 7. The average molecular weight is 483 g/mol. The molecule has 0 radical (unpaired) electrons. The molecule has 4 aromatic rings. The molecule has 0 bridgehead atoms. The fourth-order valence-corrected chi connectivity index (χ4v) is 3.87. The van der Waals surface area contributed by atoms with Crippen LogP contribution in [-0.2, 0) is 6.54 Å². The molecule has 0 aliphatic heterocycles. The highest BCUT2D eigenvalue weighted by molar-refractivity contribution is 7.99. The maximum atomic E-state index is 13.1. The van der Waals surface area contributed by atoms with Crippen molar-refractivity contribution in [3.8, 4) is 11.3 Å². The number of carbonyl (C=O) groups excluding carboxylic acids is 1. The predicted molar refractivity (Wildman–Crippen MR) is 131 cm³/mol. The predicted octanol–water partition coefficient (Wildman–Crippen LogP) is 3.97. The molecule has 9 nitrogen and oxygen atoms in total. The number of halogens is 1. The van der Waals surface area contributed by atoms with Gasteiger partial charge < -0.3 is 10.6 Å². The van der Waals surface area contributed by atoms with E-state index < -0.39 is 0 Å². The quantitative estimate of drug-likeness (QED) is 0.232. The van der Waals surface area contributed by atoms with Gasteiger partial charge in [0.25, 0.3) is 5.91 Å². The monoisotopic (exact) mass is 482 g/mol. The number of rotatable bonds is 10. The molecule has 11 heteroatoms. The second kappa shape index (κ2) is 10.6. The van der Waals surface area contributed by atoms with Crippen LogP contribution in [0.5, 0.6) is 0 Å². The third kappa shape index (κ3) is 5.53. The Labute approximate surface area is 201 Å². The summed E-state index contributed by atoms with van der Waals surface area (Å²) in [7, 11) is 0. The lowest BCUT2D eigenvalue weighted by Gasteiger charge is -2.11. The maximum Gasteiger partial charge on any atom is 0.269 e. The van der Waals surface area contributed by atoms with Gasteiger partial charge in [-0.2, -0.15) is 10.2 Å². The van der Waals surface area contributed by atoms with Gasteiger partial charge in [-0.3, -0.25) is 9.89 Å². The van der Waals surface area contributed by atoms with Crippen LogP contribution >= 0.6 is 11.8 Å². The molecule has 34 heavy (non-hydrogen) atoms. The lowest BCUT2D eigenvalue weighted by atomic mass is 10.1. The van der Waals surface area contributed by atoms with E-state index >= 15 is 0 Å². The molecule has 1 aromatic carbocycles. The first-order valence-electron chi connectivity index (χ1n) is 11.1. The van der Waals surface area contributed by atoms with Gasteiger partial charge in [0, 0.05) is 18.7 Å². The number of fused-ring (bicyclic) bond motifs is 1. The molecule has 178 valence electrons. The normalized spacial score (nSPS) is 11.3. The highest BCUT2D eigenvalue weighted by atomic mass is 32.2. The number of nitrogens with zero attached hydrogens (tertiary/aromatic N) is 5. The molecule has 0 aliphatic rings. The summed E-state index contributed by atoms with van der Waals surface area (Å²) in [5, 5.41) is 19.2. The van der Waals surface area contributed by atoms with Crippen LogP contribution in [0.25, 0.3) is 22.3 Å². The van der Waals surface area contributed by atoms with Crippen LogP contribution in [0.1, 0.15) is 31.3 Å². The molecule has 0 spiro atoms. The number of benzene rings is 1. The zero-order valence-corrected chi connectivity index (χ0v) is 20.1. The van der Waals surface area contributed by atoms with Crippen LogP contribution in [0.4, 0.5) is 10.2 Å². The fourth-order valence-electron chi connectivity index (χ4n) is 3.31. The van der Waals surface area contributed by atoms with Gasteiger partial charge in [0.15, 0.2) is 10.8 Å². The largest absolute Gasteiger partial charge is 0.369 e. The van der Waals surface area contributed by atoms with Crippen LogP contribution in [-0.4, -0.2) is 54.7 Å². The Morgan fingerprint density at radius 2 is 2.03 bits per heavy atom. The lowest BCUT2D eigenvalue weighted by molar-refractivity contribution is 0.0947. The van der Waals surface area contributed by atoms with E-state index in [-0.39, 0.29) is 11.7 Å².